The van der Waals surface area contributed by atoms with Crippen LogP contribution < -0.4 is 5.73 Å². The van der Waals surface area contributed by atoms with Gasteiger partial charge in [-0.3, -0.25) is 4.79 Å². The molecule has 8 heteroatoms. The van der Waals surface area contributed by atoms with Crippen molar-refractivity contribution in [3.8, 4) is 0 Å². The van der Waals surface area contributed by atoms with Gasteiger partial charge in [0.1, 0.15) is 0 Å². The second-order valence-corrected chi connectivity index (χ2v) is 9.72. The Hall–Kier alpha value is -1.37. The summed E-state index contributed by atoms with van der Waals surface area (Å²) in [6.07, 6.45) is 4.28. The topological polar surface area (TPSA) is 77.0 Å². The summed E-state index contributed by atoms with van der Waals surface area (Å²) in [5, 5.41) is 5.69. The molecule has 0 radical (unpaired) electrons. The van der Waals surface area contributed by atoms with Crippen LogP contribution in [0.4, 0.5) is 0 Å². The summed E-state index contributed by atoms with van der Waals surface area (Å²) in [6.45, 7) is 12.0. The monoisotopic (exact) mass is 455 g/mol. The van der Waals surface area contributed by atoms with Crippen LogP contribution >= 0.6 is 24.8 Å². The van der Waals surface area contributed by atoms with Gasteiger partial charge in [-0.25, -0.2) is 9.67 Å². The fourth-order valence-corrected chi connectivity index (χ4v) is 4.33. The molecule has 2 aliphatic rings. The van der Waals surface area contributed by atoms with Gasteiger partial charge in [0.2, 0.25) is 0 Å². The van der Waals surface area contributed by atoms with Crippen molar-refractivity contribution in [2.75, 3.05) is 13.1 Å². The average Bonchev–Trinajstić information content (AvgIpc) is 3.43. The number of nitrogens with zero attached hydrogens (tertiary/aromatic N) is 4. The number of aromatic nitrogens is 3. The minimum Gasteiger partial charge on any atom is -0.339 e. The number of fused-ring (bicyclic) bond motifs is 1. The number of aryl methyl sites for hydroxylation is 1. The smallest absolute Gasteiger partial charge is 0.254 e. The van der Waals surface area contributed by atoms with E-state index in [4.69, 9.17) is 15.8 Å². The number of rotatable bonds is 3. The number of hydrogen-bond acceptors (Lipinski definition) is 4. The minimum absolute atomic E-state index is 0. The minimum atomic E-state index is -0.183. The highest BCUT2D eigenvalue weighted by Gasteiger charge is 2.32. The molecule has 1 saturated heterocycles. The Morgan fingerprint density at radius 2 is 1.77 bits per heavy atom. The summed E-state index contributed by atoms with van der Waals surface area (Å²) >= 11 is 0. The predicted molar refractivity (Wildman–Crippen MR) is 126 cm³/mol. The first-order valence-corrected chi connectivity index (χ1v) is 10.6. The lowest BCUT2D eigenvalue weighted by molar-refractivity contribution is 0.0682. The van der Waals surface area contributed by atoms with Gasteiger partial charge >= 0.3 is 0 Å². The van der Waals surface area contributed by atoms with Crippen LogP contribution in [0.2, 0.25) is 0 Å². The first-order valence-electron chi connectivity index (χ1n) is 10.6. The first kappa shape index (κ1) is 24.9. The van der Waals surface area contributed by atoms with Gasteiger partial charge in [-0.15, -0.1) is 24.8 Å². The van der Waals surface area contributed by atoms with Gasteiger partial charge < -0.3 is 10.6 Å². The molecule has 3 heterocycles. The molecule has 2 fully saturated rings. The van der Waals surface area contributed by atoms with E-state index in [0.29, 0.717) is 11.8 Å². The summed E-state index contributed by atoms with van der Waals surface area (Å²) in [6, 6.07) is 2.24. The summed E-state index contributed by atoms with van der Waals surface area (Å²) in [7, 11) is 0. The number of hydrogen-bond donors (Lipinski definition) is 1. The number of piperidine rings is 1. The first-order chi connectivity index (χ1) is 13.2. The van der Waals surface area contributed by atoms with Crippen LogP contribution in [0.5, 0.6) is 0 Å². The standard InChI is InChI=1S/C22H33N5O.2ClH/c1-13(23)15-8-10-26(11-9-15)21(28)17-12-18(16-6-7-16)24-20-19(17)14(2)25-27(20)22(3,4)5;;/h12-13,15-16H,6-11,23H2,1-5H3;2*1H. The molecule has 1 saturated carbocycles. The molecule has 1 aliphatic carbocycles. The Balaban J connectivity index is 0.00000160. The third-order valence-corrected chi connectivity index (χ3v) is 6.26. The number of carbonyl (C=O) groups is 1. The highest BCUT2D eigenvalue weighted by atomic mass is 35.5. The lowest BCUT2D eigenvalue weighted by atomic mass is 9.90. The quantitative estimate of drug-likeness (QED) is 0.742. The van der Waals surface area contributed by atoms with Crippen LogP contribution in [-0.2, 0) is 5.54 Å². The third kappa shape index (κ3) is 4.61. The van der Waals surface area contributed by atoms with Crippen LogP contribution in [0.15, 0.2) is 6.07 Å². The molecule has 30 heavy (non-hydrogen) atoms. The fraction of sp³-hybridized carbons (Fsp3) is 0.682. The van der Waals surface area contributed by atoms with E-state index < -0.39 is 0 Å². The van der Waals surface area contributed by atoms with Gasteiger partial charge in [0, 0.05) is 30.7 Å². The van der Waals surface area contributed by atoms with E-state index in [1.165, 1.54) is 0 Å². The molecule has 2 aromatic rings. The number of amides is 1. The van der Waals surface area contributed by atoms with Gasteiger partial charge in [0.05, 0.1) is 22.2 Å². The van der Waals surface area contributed by atoms with Crippen LogP contribution in [0.1, 0.15) is 81.0 Å². The third-order valence-electron chi connectivity index (χ3n) is 6.26. The Morgan fingerprint density at radius 3 is 2.27 bits per heavy atom. The maximum Gasteiger partial charge on any atom is 0.254 e. The molecule has 0 aromatic carbocycles. The van der Waals surface area contributed by atoms with Gasteiger partial charge in [0.25, 0.3) is 5.91 Å². The molecule has 1 atom stereocenters. The molecule has 4 rings (SSSR count). The normalized spacial score (nSPS) is 18.7. The van der Waals surface area contributed by atoms with Crippen molar-refractivity contribution in [3.05, 3.63) is 23.0 Å². The van der Waals surface area contributed by atoms with E-state index >= 15 is 0 Å². The van der Waals surface area contributed by atoms with E-state index in [0.717, 1.165) is 66.8 Å². The Morgan fingerprint density at radius 1 is 1.17 bits per heavy atom. The molecule has 1 aliphatic heterocycles. The predicted octanol–water partition coefficient (Wildman–Crippen LogP) is 4.42. The summed E-state index contributed by atoms with van der Waals surface area (Å²) in [4.78, 5) is 20.5. The average molecular weight is 456 g/mol. The molecule has 6 nitrogen and oxygen atoms in total. The second kappa shape index (κ2) is 9.01. The maximum atomic E-state index is 13.5. The molecule has 2 N–H and O–H groups in total. The molecule has 1 unspecified atom stereocenters. The van der Waals surface area contributed by atoms with Gasteiger partial charge in [-0.2, -0.15) is 5.10 Å². The van der Waals surface area contributed by atoms with Crippen molar-refractivity contribution in [1.82, 2.24) is 19.7 Å². The van der Waals surface area contributed by atoms with Crippen molar-refractivity contribution >= 4 is 41.8 Å². The molecule has 1 amide bonds. The summed E-state index contributed by atoms with van der Waals surface area (Å²) in [5.41, 5.74) is 9.45. The van der Waals surface area contributed by atoms with Crippen LogP contribution in [-0.4, -0.2) is 44.7 Å². The molecule has 168 valence electrons. The number of halogens is 2. The van der Waals surface area contributed by atoms with Crippen molar-refractivity contribution in [3.63, 3.8) is 0 Å². The van der Waals surface area contributed by atoms with Crippen LogP contribution in [0.3, 0.4) is 0 Å². The van der Waals surface area contributed by atoms with Gasteiger partial charge in [-0.1, -0.05) is 0 Å². The molecule has 0 spiro atoms. The van der Waals surface area contributed by atoms with E-state index in [9.17, 15) is 4.79 Å². The van der Waals surface area contributed by atoms with E-state index in [2.05, 4.69) is 27.7 Å². The zero-order valence-electron chi connectivity index (χ0n) is 18.6. The van der Waals surface area contributed by atoms with Crippen molar-refractivity contribution in [2.45, 2.75) is 77.8 Å². The molecular weight excluding hydrogens is 421 g/mol. The lowest BCUT2D eigenvalue weighted by Crippen LogP contribution is -2.42. The lowest BCUT2D eigenvalue weighted by Gasteiger charge is -2.34. The number of pyridine rings is 1. The number of nitrogens with two attached hydrogens (primary N) is 1. The fourth-order valence-electron chi connectivity index (χ4n) is 4.33. The summed E-state index contributed by atoms with van der Waals surface area (Å²) < 4.78 is 1.99. The van der Waals surface area contributed by atoms with E-state index in [1.54, 1.807) is 0 Å². The number of likely N-dealkylation sites (tertiary alicyclic amines) is 1. The Bertz CT molecular complexity index is 906. The summed E-state index contributed by atoms with van der Waals surface area (Å²) in [5.74, 6) is 1.12. The largest absolute Gasteiger partial charge is 0.339 e. The SMILES string of the molecule is Cc1nn(C(C)(C)C)c2nc(C3CC3)cc(C(=O)N3CCC(C(C)N)CC3)c12.Cl.Cl. The molecular formula is C22H35Cl2N5O. The Kier molecular flexibility index (Phi) is 7.48. The second-order valence-electron chi connectivity index (χ2n) is 9.72. The zero-order chi connectivity index (χ0) is 20.2. The van der Waals surface area contributed by atoms with E-state index in [1.807, 2.05) is 22.6 Å². The van der Waals surface area contributed by atoms with Crippen molar-refractivity contribution in [1.29, 1.82) is 0 Å². The van der Waals surface area contributed by atoms with Crippen LogP contribution in [0, 0.1) is 12.8 Å². The van der Waals surface area contributed by atoms with Gasteiger partial charge in [-0.05, 0) is 72.3 Å². The maximum absolute atomic E-state index is 13.5. The molecule has 0 bridgehead atoms. The van der Waals surface area contributed by atoms with Crippen molar-refractivity contribution < 1.29 is 4.79 Å². The highest BCUT2D eigenvalue weighted by Crippen LogP contribution is 2.41. The zero-order valence-corrected chi connectivity index (χ0v) is 20.3. The van der Waals surface area contributed by atoms with E-state index in [-0.39, 0.29) is 42.3 Å². The Labute approximate surface area is 191 Å². The van der Waals surface area contributed by atoms with Crippen molar-refractivity contribution in [2.24, 2.45) is 11.7 Å². The van der Waals surface area contributed by atoms with Crippen LogP contribution in [0.25, 0.3) is 11.0 Å². The highest BCUT2D eigenvalue weighted by molar-refractivity contribution is 6.06. The van der Waals surface area contributed by atoms with Gasteiger partial charge in [0.15, 0.2) is 5.65 Å². The number of carbonyl (C=O) groups excluding carboxylic acids is 1. The molecule has 2 aromatic heterocycles.